The van der Waals surface area contributed by atoms with Crippen LogP contribution in [-0.2, 0) is 0 Å². The van der Waals surface area contributed by atoms with E-state index in [4.69, 9.17) is 0 Å². The summed E-state index contributed by atoms with van der Waals surface area (Å²) in [6.07, 6.45) is 1.60. The molecule has 1 saturated heterocycles. The Hall–Kier alpha value is -1.31. The summed E-state index contributed by atoms with van der Waals surface area (Å²) >= 11 is 1.42. The first-order valence-corrected chi connectivity index (χ1v) is 6.78. The lowest BCUT2D eigenvalue weighted by molar-refractivity contribution is 0.178. The molecular formula is C11H16N6S. The molecule has 0 spiro atoms. The van der Waals surface area contributed by atoms with E-state index in [1.807, 2.05) is 6.92 Å². The third-order valence-electron chi connectivity index (χ3n) is 3.21. The Balaban J connectivity index is 1.84. The summed E-state index contributed by atoms with van der Waals surface area (Å²) in [7, 11) is 2.15. The Bertz CT molecular complexity index is 545. The van der Waals surface area contributed by atoms with Crippen molar-refractivity contribution in [1.82, 2.24) is 24.3 Å². The minimum atomic E-state index is 0.871. The summed E-state index contributed by atoms with van der Waals surface area (Å²) < 4.78 is 4.33. The smallest absolute Gasteiger partial charge is 0.154 e. The number of hydrogen-bond donors (Lipinski definition) is 1. The van der Waals surface area contributed by atoms with Crippen LogP contribution in [0.25, 0.3) is 10.2 Å². The van der Waals surface area contributed by atoms with Gasteiger partial charge in [0.15, 0.2) is 5.82 Å². The average molecular weight is 264 g/mol. The molecular weight excluding hydrogens is 248 g/mol. The Morgan fingerprint density at radius 3 is 2.78 bits per heavy atom. The topological polar surface area (TPSA) is 57.2 Å². The molecule has 3 rings (SSSR count). The fraction of sp³-hybridized carbons (Fsp3) is 0.545. The number of likely N-dealkylation sites (N-methyl/N-ethyl adjacent to an activating group) is 1. The number of fused-ring (bicyclic) bond motifs is 1. The molecule has 2 aromatic rings. The molecule has 18 heavy (non-hydrogen) atoms. The lowest BCUT2D eigenvalue weighted by Crippen LogP contribution is -2.47. The Kier molecular flexibility index (Phi) is 3.11. The van der Waals surface area contributed by atoms with Crippen LogP contribution in [-0.4, -0.2) is 57.5 Å². The molecule has 0 amide bonds. The zero-order valence-electron chi connectivity index (χ0n) is 10.6. The number of nitrogens with one attached hydrogen (secondary N) is 1. The number of aromatic nitrogens is 3. The lowest BCUT2D eigenvalue weighted by atomic mass is 10.3. The molecule has 1 aliphatic heterocycles. The number of piperazine rings is 1. The molecule has 0 atom stereocenters. The normalized spacial score (nSPS) is 18.3. The second kappa shape index (κ2) is 4.75. The highest BCUT2D eigenvalue weighted by molar-refractivity contribution is 7.13. The molecule has 0 aromatic carbocycles. The van der Waals surface area contributed by atoms with Crippen LogP contribution in [0.5, 0.6) is 0 Å². The minimum absolute atomic E-state index is 0.871. The van der Waals surface area contributed by atoms with Crippen molar-refractivity contribution in [2.45, 2.75) is 6.92 Å². The number of hydrazine groups is 1. The van der Waals surface area contributed by atoms with Crippen LogP contribution in [0.2, 0.25) is 0 Å². The van der Waals surface area contributed by atoms with Crippen molar-refractivity contribution in [3.8, 4) is 0 Å². The van der Waals surface area contributed by atoms with Gasteiger partial charge < -0.3 is 10.3 Å². The number of hydrogen-bond acceptors (Lipinski definition) is 7. The van der Waals surface area contributed by atoms with E-state index < -0.39 is 0 Å². The molecule has 6 nitrogen and oxygen atoms in total. The van der Waals surface area contributed by atoms with Crippen LogP contribution in [0, 0.1) is 6.92 Å². The molecule has 0 saturated carbocycles. The SMILES string of the molecule is Cc1nsc2ncnc(NN3CCN(C)CC3)c12. The molecule has 0 aliphatic carbocycles. The summed E-state index contributed by atoms with van der Waals surface area (Å²) in [6, 6.07) is 0. The molecule has 0 bridgehead atoms. The number of nitrogens with zero attached hydrogens (tertiary/aromatic N) is 5. The van der Waals surface area contributed by atoms with E-state index in [1.54, 1.807) is 6.33 Å². The van der Waals surface area contributed by atoms with Crippen molar-refractivity contribution in [2.75, 3.05) is 38.7 Å². The molecule has 0 radical (unpaired) electrons. The fourth-order valence-electron chi connectivity index (χ4n) is 2.07. The standard InChI is InChI=1S/C11H16N6S/c1-8-9-10(12-7-13-11(9)18-15-8)14-17-5-3-16(2)4-6-17/h7H,3-6H2,1-2H3,(H,12,13,14). The second-order valence-electron chi connectivity index (χ2n) is 4.57. The predicted octanol–water partition coefficient (Wildman–Crippen LogP) is 0.969. The second-order valence-corrected chi connectivity index (χ2v) is 5.32. The molecule has 2 aromatic heterocycles. The maximum Gasteiger partial charge on any atom is 0.154 e. The van der Waals surface area contributed by atoms with Crippen LogP contribution in [0.3, 0.4) is 0 Å². The van der Waals surface area contributed by atoms with E-state index in [1.165, 1.54) is 11.5 Å². The molecule has 7 heteroatoms. The molecule has 96 valence electrons. The van der Waals surface area contributed by atoms with Crippen molar-refractivity contribution >= 4 is 27.6 Å². The van der Waals surface area contributed by atoms with Gasteiger partial charge in [-0.15, -0.1) is 0 Å². The highest BCUT2D eigenvalue weighted by Gasteiger charge is 2.16. The van der Waals surface area contributed by atoms with Gasteiger partial charge in [0.25, 0.3) is 0 Å². The summed E-state index contributed by atoms with van der Waals surface area (Å²) in [6.45, 7) is 6.14. The van der Waals surface area contributed by atoms with Gasteiger partial charge in [-0.3, -0.25) is 0 Å². The van der Waals surface area contributed by atoms with Gasteiger partial charge >= 0.3 is 0 Å². The van der Waals surface area contributed by atoms with E-state index in [0.717, 1.165) is 47.9 Å². The summed E-state index contributed by atoms with van der Waals surface area (Å²) in [5, 5.41) is 3.25. The van der Waals surface area contributed by atoms with Crippen LogP contribution in [0.15, 0.2) is 6.33 Å². The van der Waals surface area contributed by atoms with E-state index in [0.29, 0.717) is 0 Å². The highest BCUT2D eigenvalue weighted by atomic mass is 32.1. The summed E-state index contributed by atoms with van der Waals surface area (Å²) in [5.74, 6) is 0.871. The Morgan fingerprint density at radius 2 is 2.00 bits per heavy atom. The lowest BCUT2D eigenvalue weighted by Gasteiger charge is -2.32. The Labute approximate surface area is 110 Å². The van der Waals surface area contributed by atoms with Gasteiger partial charge in [0, 0.05) is 26.2 Å². The monoisotopic (exact) mass is 264 g/mol. The molecule has 3 heterocycles. The number of anilines is 1. The summed E-state index contributed by atoms with van der Waals surface area (Å²) in [4.78, 5) is 11.9. The van der Waals surface area contributed by atoms with Crippen LogP contribution >= 0.6 is 11.5 Å². The maximum atomic E-state index is 4.34. The first kappa shape index (κ1) is 11.8. The van der Waals surface area contributed by atoms with Crippen molar-refractivity contribution in [3.05, 3.63) is 12.0 Å². The maximum absolute atomic E-state index is 4.34. The van der Waals surface area contributed by atoms with E-state index in [2.05, 4.69) is 36.7 Å². The molecule has 1 fully saturated rings. The first-order chi connectivity index (χ1) is 8.74. The molecule has 1 N–H and O–H groups in total. The van der Waals surface area contributed by atoms with E-state index in [9.17, 15) is 0 Å². The third kappa shape index (κ3) is 2.16. The van der Waals surface area contributed by atoms with Crippen molar-refractivity contribution in [2.24, 2.45) is 0 Å². The first-order valence-electron chi connectivity index (χ1n) is 6.01. The highest BCUT2D eigenvalue weighted by Crippen LogP contribution is 2.25. The summed E-state index contributed by atoms with van der Waals surface area (Å²) in [5.41, 5.74) is 4.39. The number of rotatable bonds is 2. The van der Waals surface area contributed by atoms with Crippen LogP contribution < -0.4 is 5.43 Å². The van der Waals surface area contributed by atoms with E-state index in [-0.39, 0.29) is 0 Å². The minimum Gasteiger partial charge on any atom is -0.304 e. The van der Waals surface area contributed by atoms with E-state index >= 15 is 0 Å². The van der Waals surface area contributed by atoms with Gasteiger partial charge in [0.05, 0.1) is 11.1 Å². The molecule has 1 aliphatic rings. The zero-order valence-corrected chi connectivity index (χ0v) is 11.4. The Morgan fingerprint density at radius 1 is 1.22 bits per heavy atom. The largest absolute Gasteiger partial charge is 0.304 e. The van der Waals surface area contributed by atoms with Gasteiger partial charge in [-0.25, -0.2) is 15.0 Å². The number of aryl methyl sites for hydroxylation is 1. The van der Waals surface area contributed by atoms with Gasteiger partial charge in [-0.05, 0) is 25.5 Å². The third-order valence-corrected chi connectivity index (χ3v) is 4.06. The predicted molar refractivity (Wildman–Crippen MR) is 72.6 cm³/mol. The van der Waals surface area contributed by atoms with Crippen molar-refractivity contribution in [3.63, 3.8) is 0 Å². The molecule has 0 unspecified atom stereocenters. The average Bonchev–Trinajstić information content (AvgIpc) is 2.75. The van der Waals surface area contributed by atoms with Gasteiger partial charge in [-0.2, -0.15) is 4.37 Å². The van der Waals surface area contributed by atoms with Gasteiger partial charge in [0.1, 0.15) is 11.2 Å². The van der Waals surface area contributed by atoms with Crippen LogP contribution in [0.1, 0.15) is 5.69 Å². The van der Waals surface area contributed by atoms with Gasteiger partial charge in [-0.1, -0.05) is 0 Å². The fourth-order valence-corrected chi connectivity index (χ4v) is 2.82. The zero-order chi connectivity index (χ0) is 12.5. The quantitative estimate of drug-likeness (QED) is 0.872. The van der Waals surface area contributed by atoms with Gasteiger partial charge in [0.2, 0.25) is 0 Å². The van der Waals surface area contributed by atoms with Crippen molar-refractivity contribution < 1.29 is 0 Å². The van der Waals surface area contributed by atoms with Crippen LogP contribution in [0.4, 0.5) is 5.82 Å². The van der Waals surface area contributed by atoms with Crippen molar-refractivity contribution in [1.29, 1.82) is 0 Å².